The second-order valence-electron chi connectivity index (χ2n) is 4.61. The van der Waals surface area contributed by atoms with Crippen LogP contribution < -0.4 is 15.0 Å². The van der Waals surface area contributed by atoms with Crippen molar-refractivity contribution in [3.05, 3.63) is 24.0 Å². The fraction of sp³-hybridized carbons (Fsp3) is 0.538. The average Bonchev–Trinajstić information content (AvgIpc) is 2.65. The number of anilines is 1. The van der Waals surface area contributed by atoms with Crippen molar-refractivity contribution in [3.63, 3.8) is 0 Å². The highest BCUT2D eigenvalue weighted by atomic mass is 19.4. The molecule has 1 N–H and O–H groups in total. The van der Waals surface area contributed by atoms with E-state index in [9.17, 15) is 17.6 Å². The summed E-state index contributed by atoms with van der Waals surface area (Å²) in [7, 11) is 0. The molecule has 2 rings (SSSR count). The molecule has 20 heavy (non-hydrogen) atoms. The first-order chi connectivity index (χ1) is 9.46. The minimum absolute atomic E-state index is 0.0608. The molecule has 7 heteroatoms. The molecule has 1 fully saturated rings. The van der Waals surface area contributed by atoms with Crippen molar-refractivity contribution in [2.24, 2.45) is 0 Å². The Morgan fingerprint density at radius 1 is 1.20 bits per heavy atom. The summed E-state index contributed by atoms with van der Waals surface area (Å²) in [5.41, 5.74) is 0.373. The van der Waals surface area contributed by atoms with E-state index in [-0.39, 0.29) is 5.75 Å². The zero-order chi connectivity index (χ0) is 14.6. The van der Waals surface area contributed by atoms with Crippen LogP contribution in [0.25, 0.3) is 0 Å². The summed E-state index contributed by atoms with van der Waals surface area (Å²) < 4.78 is 54.9. The smallest absolute Gasteiger partial charge is 0.422 e. The number of hydrogen-bond acceptors (Lipinski definition) is 3. The number of halogens is 4. The molecule has 0 aromatic heterocycles. The van der Waals surface area contributed by atoms with Gasteiger partial charge in [-0.05, 0) is 25.1 Å². The van der Waals surface area contributed by atoms with E-state index >= 15 is 0 Å². The third-order valence-electron chi connectivity index (χ3n) is 2.99. The van der Waals surface area contributed by atoms with Crippen molar-refractivity contribution < 1.29 is 22.3 Å². The van der Waals surface area contributed by atoms with E-state index in [4.69, 9.17) is 4.74 Å². The van der Waals surface area contributed by atoms with Gasteiger partial charge in [-0.1, -0.05) is 0 Å². The van der Waals surface area contributed by atoms with Crippen LogP contribution >= 0.6 is 0 Å². The molecule has 0 aliphatic carbocycles. The lowest BCUT2D eigenvalue weighted by molar-refractivity contribution is -0.153. The topological polar surface area (TPSA) is 24.5 Å². The van der Waals surface area contributed by atoms with Gasteiger partial charge in [0.15, 0.2) is 6.61 Å². The summed E-state index contributed by atoms with van der Waals surface area (Å²) in [6, 6.07) is 3.57. The molecular formula is C13H16F4N2O. The summed E-state index contributed by atoms with van der Waals surface area (Å²) in [5, 5.41) is 3.18. The molecule has 1 aromatic rings. The largest absolute Gasteiger partial charge is 0.482 e. The SMILES string of the molecule is Fc1ccc(OCC(F)(F)F)c(N2CCCNCC2)c1. The van der Waals surface area contributed by atoms with E-state index in [1.54, 1.807) is 0 Å². The molecule has 1 saturated heterocycles. The lowest BCUT2D eigenvalue weighted by Gasteiger charge is -2.25. The van der Waals surface area contributed by atoms with Crippen molar-refractivity contribution in [1.29, 1.82) is 0 Å². The number of benzene rings is 1. The highest BCUT2D eigenvalue weighted by Crippen LogP contribution is 2.31. The molecule has 0 amide bonds. The number of alkyl halides is 3. The number of rotatable bonds is 3. The maximum absolute atomic E-state index is 13.4. The first-order valence-electron chi connectivity index (χ1n) is 6.40. The molecule has 0 spiro atoms. The predicted octanol–water partition coefficient (Wildman–Crippen LogP) is 2.57. The van der Waals surface area contributed by atoms with Gasteiger partial charge in [0.2, 0.25) is 0 Å². The molecule has 1 aliphatic heterocycles. The minimum atomic E-state index is -4.41. The van der Waals surface area contributed by atoms with Crippen molar-refractivity contribution in [3.8, 4) is 5.75 Å². The van der Waals surface area contributed by atoms with E-state index in [2.05, 4.69) is 5.32 Å². The maximum atomic E-state index is 13.4. The standard InChI is InChI=1S/C13H16F4N2O/c14-10-2-3-12(20-9-13(15,16)17)11(8-10)19-6-1-4-18-5-7-19/h2-3,8,18H,1,4-7,9H2. The van der Waals surface area contributed by atoms with Gasteiger partial charge >= 0.3 is 6.18 Å². The Morgan fingerprint density at radius 3 is 2.75 bits per heavy atom. The van der Waals surface area contributed by atoms with Crippen LogP contribution in [0.4, 0.5) is 23.2 Å². The van der Waals surface area contributed by atoms with Crippen molar-refractivity contribution in [2.75, 3.05) is 37.7 Å². The molecule has 1 aliphatic rings. The first-order valence-corrected chi connectivity index (χ1v) is 6.40. The summed E-state index contributed by atoms with van der Waals surface area (Å²) in [6.07, 6.45) is -3.57. The molecule has 0 bridgehead atoms. The van der Waals surface area contributed by atoms with Crippen LogP contribution in [-0.2, 0) is 0 Å². The molecule has 0 atom stereocenters. The normalized spacial score (nSPS) is 16.9. The maximum Gasteiger partial charge on any atom is 0.422 e. The molecular weight excluding hydrogens is 276 g/mol. The average molecular weight is 292 g/mol. The lowest BCUT2D eigenvalue weighted by Crippen LogP contribution is -2.29. The third-order valence-corrected chi connectivity index (χ3v) is 2.99. The van der Waals surface area contributed by atoms with Crippen molar-refractivity contribution in [2.45, 2.75) is 12.6 Å². The number of nitrogens with zero attached hydrogens (tertiary/aromatic N) is 1. The zero-order valence-electron chi connectivity index (χ0n) is 10.8. The second kappa shape index (κ2) is 6.30. The van der Waals surface area contributed by atoms with Gasteiger partial charge in [-0.3, -0.25) is 0 Å². The quantitative estimate of drug-likeness (QED) is 0.867. The van der Waals surface area contributed by atoms with E-state index in [1.807, 2.05) is 4.90 Å². The summed E-state index contributed by atoms with van der Waals surface area (Å²) in [6.45, 7) is 1.42. The predicted molar refractivity (Wildman–Crippen MR) is 67.6 cm³/mol. The highest BCUT2D eigenvalue weighted by Gasteiger charge is 2.29. The number of ether oxygens (including phenoxy) is 1. The Hall–Kier alpha value is -1.50. The Labute approximate surface area is 114 Å². The van der Waals surface area contributed by atoms with Gasteiger partial charge in [-0.15, -0.1) is 0 Å². The van der Waals surface area contributed by atoms with Crippen LogP contribution in [0.1, 0.15) is 6.42 Å². The minimum Gasteiger partial charge on any atom is -0.482 e. The number of hydrogen-bond donors (Lipinski definition) is 1. The molecule has 3 nitrogen and oxygen atoms in total. The van der Waals surface area contributed by atoms with Crippen LogP contribution in [0.15, 0.2) is 18.2 Å². The first kappa shape index (κ1) is 14.9. The summed E-state index contributed by atoms with van der Waals surface area (Å²) in [5.74, 6) is -0.429. The Morgan fingerprint density at radius 2 is 2.00 bits per heavy atom. The lowest BCUT2D eigenvalue weighted by atomic mass is 10.2. The van der Waals surface area contributed by atoms with Gasteiger partial charge in [-0.2, -0.15) is 13.2 Å². The van der Waals surface area contributed by atoms with Crippen molar-refractivity contribution >= 4 is 5.69 Å². The molecule has 112 valence electrons. The molecule has 0 radical (unpaired) electrons. The Kier molecular flexibility index (Phi) is 4.69. The second-order valence-corrected chi connectivity index (χ2v) is 4.61. The third kappa shape index (κ3) is 4.26. The van der Waals surface area contributed by atoms with Crippen LogP contribution in [0.2, 0.25) is 0 Å². The molecule has 0 saturated carbocycles. The fourth-order valence-electron chi connectivity index (χ4n) is 2.11. The van der Waals surface area contributed by atoms with E-state index in [0.29, 0.717) is 25.3 Å². The van der Waals surface area contributed by atoms with Gasteiger partial charge in [0.1, 0.15) is 11.6 Å². The Bertz CT molecular complexity index is 442. The van der Waals surface area contributed by atoms with Crippen LogP contribution in [0, 0.1) is 5.82 Å². The highest BCUT2D eigenvalue weighted by molar-refractivity contribution is 5.58. The zero-order valence-corrected chi connectivity index (χ0v) is 10.8. The van der Waals surface area contributed by atoms with Gasteiger partial charge in [-0.25, -0.2) is 4.39 Å². The molecule has 1 heterocycles. The van der Waals surface area contributed by atoms with Crippen LogP contribution in [0.3, 0.4) is 0 Å². The fourth-order valence-corrected chi connectivity index (χ4v) is 2.11. The van der Waals surface area contributed by atoms with Crippen LogP contribution in [0.5, 0.6) is 5.75 Å². The molecule has 0 unspecified atom stereocenters. The van der Waals surface area contributed by atoms with Gasteiger partial charge in [0, 0.05) is 25.7 Å². The summed E-state index contributed by atoms with van der Waals surface area (Å²) >= 11 is 0. The van der Waals surface area contributed by atoms with E-state index < -0.39 is 18.6 Å². The van der Waals surface area contributed by atoms with Crippen LogP contribution in [-0.4, -0.2) is 39.0 Å². The monoisotopic (exact) mass is 292 g/mol. The van der Waals surface area contributed by atoms with Gasteiger partial charge in [0.05, 0.1) is 5.69 Å². The molecule has 1 aromatic carbocycles. The number of nitrogens with one attached hydrogen (secondary N) is 1. The van der Waals surface area contributed by atoms with E-state index in [1.165, 1.54) is 12.1 Å². The summed E-state index contributed by atoms with van der Waals surface area (Å²) in [4.78, 5) is 1.84. The Balaban J connectivity index is 2.18. The van der Waals surface area contributed by atoms with Gasteiger partial charge < -0.3 is 15.0 Å². The van der Waals surface area contributed by atoms with Gasteiger partial charge in [0.25, 0.3) is 0 Å². The van der Waals surface area contributed by atoms with Crippen molar-refractivity contribution in [1.82, 2.24) is 5.32 Å². The van der Waals surface area contributed by atoms with E-state index in [0.717, 1.165) is 19.0 Å².